The van der Waals surface area contributed by atoms with Crippen LogP contribution >= 0.6 is 0 Å². The molecule has 0 aromatic heterocycles. The molecule has 1 saturated carbocycles. The first-order valence-corrected chi connectivity index (χ1v) is 10.6. The quantitative estimate of drug-likeness (QED) is 0.682. The van der Waals surface area contributed by atoms with Gasteiger partial charge in [-0.05, 0) is 38.0 Å². The fraction of sp³-hybridized carbons (Fsp3) is 0.429. The van der Waals surface area contributed by atoms with Gasteiger partial charge in [0.2, 0.25) is 0 Å². The van der Waals surface area contributed by atoms with Crippen LogP contribution < -0.4 is 9.47 Å². The van der Waals surface area contributed by atoms with Crippen molar-refractivity contribution in [2.75, 3.05) is 14.2 Å². The maximum Gasteiger partial charge on any atom is 0.297 e. The van der Waals surface area contributed by atoms with E-state index in [9.17, 15) is 8.42 Å². The van der Waals surface area contributed by atoms with E-state index in [0.717, 1.165) is 30.4 Å². The third kappa shape index (κ3) is 4.28. The van der Waals surface area contributed by atoms with E-state index >= 15 is 0 Å². The van der Waals surface area contributed by atoms with E-state index in [-0.39, 0.29) is 10.8 Å². The maximum absolute atomic E-state index is 12.8. The van der Waals surface area contributed by atoms with Crippen molar-refractivity contribution in [3.63, 3.8) is 0 Å². The molecule has 5 nitrogen and oxygen atoms in total. The first-order chi connectivity index (χ1) is 13.0. The van der Waals surface area contributed by atoms with Crippen molar-refractivity contribution in [2.45, 2.75) is 49.5 Å². The van der Waals surface area contributed by atoms with E-state index in [1.54, 1.807) is 38.5 Å². The van der Waals surface area contributed by atoms with E-state index in [2.05, 4.69) is 0 Å². The molecule has 2 atom stereocenters. The lowest BCUT2D eigenvalue weighted by molar-refractivity contribution is 0.135. The monoisotopic (exact) mass is 390 g/mol. The van der Waals surface area contributed by atoms with Crippen molar-refractivity contribution in [3.05, 3.63) is 53.6 Å². The first-order valence-electron chi connectivity index (χ1n) is 9.17. The van der Waals surface area contributed by atoms with Gasteiger partial charge in [-0.3, -0.25) is 4.18 Å². The molecule has 0 amide bonds. The molecule has 2 aromatic rings. The number of hydrogen-bond acceptors (Lipinski definition) is 5. The fourth-order valence-corrected chi connectivity index (χ4v) is 4.83. The second-order valence-corrected chi connectivity index (χ2v) is 8.45. The summed E-state index contributed by atoms with van der Waals surface area (Å²) in [5.74, 6) is 1.22. The van der Waals surface area contributed by atoms with E-state index < -0.39 is 16.2 Å². The fourth-order valence-electron chi connectivity index (χ4n) is 3.69. The molecule has 0 saturated heterocycles. The van der Waals surface area contributed by atoms with Crippen LogP contribution in [0.5, 0.6) is 11.5 Å². The van der Waals surface area contributed by atoms with Crippen LogP contribution in [0.15, 0.2) is 47.4 Å². The molecule has 0 bridgehead atoms. The highest BCUT2D eigenvalue weighted by Crippen LogP contribution is 2.43. The van der Waals surface area contributed by atoms with Gasteiger partial charge in [0, 0.05) is 11.5 Å². The van der Waals surface area contributed by atoms with Crippen molar-refractivity contribution in [2.24, 2.45) is 0 Å². The second kappa shape index (κ2) is 8.31. The number of rotatable bonds is 6. The number of methoxy groups -OCH3 is 2. The predicted octanol–water partition coefficient (Wildman–Crippen LogP) is 4.44. The average molecular weight is 391 g/mol. The topological polar surface area (TPSA) is 61.8 Å². The van der Waals surface area contributed by atoms with Crippen molar-refractivity contribution >= 4 is 10.1 Å². The number of benzene rings is 2. The number of para-hydroxylation sites is 1. The number of ether oxygens (including phenoxy) is 2. The Hall–Kier alpha value is -2.05. The third-order valence-electron chi connectivity index (χ3n) is 5.10. The Morgan fingerprint density at radius 3 is 2.30 bits per heavy atom. The highest BCUT2D eigenvalue weighted by molar-refractivity contribution is 7.86. The van der Waals surface area contributed by atoms with Gasteiger partial charge < -0.3 is 9.47 Å². The molecule has 0 N–H and O–H groups in total. The Balaban J connectivity index is 1.91. The van der Waals surface area contributed by atoms with Crippen LogP contribution in [0.2, 0.25) is 0 Å². The normalized spacial score (nSPS) is 20.3. The summed E-state index contributed by atoms with van der Waals surface area (Å²) in [4.78, 5) is 0.190. The zero-order valence-electron chi connectivity index (χ0n) is 16.0. The van der Waals surface area contributed by atoms with Gasteiger partial charge in [0.15, 0.2) is 11.5 Å². The lowest BCUT2D eigenvalue weighted by Crippen LogP contribution is -2.29. The molecule has 2 aromatic carbocycles. The summed E-state index contributed by atoms with van der Waals surface area (Å²) in [6.07, 6.45) is 3.08. The Bertz CT molecular complexity index is 874. The van der Waals surface area contributed by atoms with Gasteiger partial charge in [-0.15, -0.1) is 0 Å². The molecule has 1 aliphatic rings. The lowest BCUT2D eigenvalue weighted by Gasteiger charge is -2.32. The van der Waals surface area contributed by atoms with Crippen LogP contribution in [0.1, 0.15) is 42.7 Å². The van der Waals surface area contributed by atoms with E-state index in [1.165, 1.54) is 0 Å². The van der Waals surface area contributed by atoms with Crippen LogP contribution in [-0.2, 0) is 14.3 Å². The van der Waals surface area contributed by atoms with Gasteiger partial charge in [-0.25, -0.2) is 0 Å². The Morgan fingerprint density at radius 2 is 1.63 bits per heavy atom. The van der Waals surface area contributed by atoms with Crippen molar-refractivity contribution in [1.82, 2.24) is 0 Å². The maximum atomic E-state index is 12.8. The molecule has 1 aliphatic carbocycles. The van der Waals surface area contributed by atoms with Gasteiger partial charge in [-0.1, -0.05) is 42.7 Å². The Morgan fingerprint density at radius 1 is 0.926 bits per heavy atom. The van der Waals surface area contributed by atoms with Crippen molar-refractivity contribution in [3.8, 4) is 11.5 Å². The predicted molar refractivity (Wildman–Crippen MR) is 104 cm³/mol. The van der Waals surface area contributed by atoms with E-state index in [1.807, 2.05) is 25.1 Å². The summed E-state index contributed by atoms with van der Waals surface area (Å²) in [5.41, 5.74) is 1.94. The summed E-state index contributed by atoms with van der Waals surface area (Å²) >= 11 is 0. The van der Waals surface area contributed by atoms with Crippen LogP contribution in [0.4, 0.5) is 0 Å². The van der Waals surface area contributed by atoms with Crippen LogP contribution in [0.3, 0.4) is 0 Å². The van der Waals surface area contributed by atoms with E-state index in [4.69, 9.17) is 13.7 Å². The summed E-state index contributed by atoms with van der Waals surface area (Å²) in [6, 6.07) is 12.4. The smallest absolute Gasteiger partial charge is 0.297 e. The summed E-state index contributed by atoms with van der Waals surface area (Å²) in [6.45, 7) is 1.92. The molecule has 6 heteroatoms. The molecular weight excluding hydrogens is 364 g/mol. The summed E-state index contributed by atoms with van der Waals surface area (Å²) in [7, 11) is -0.629. The van der Waals surface area contributed by atoms with Crippen molar-refractivity contribution < 1.29 is 22.1 Å². The van der Waals surface area contributed by atoms with Crippen LogP contribution in [0, 0.1) is 6.92 Å². The second-order valence-electron chi connectivity index (χ2n) is 6.88. The molecule has 1 fully saturated rings. The van der Waals surface area contributed by atoms with Crippen LogP contribution in [0.25, 0.3) is 0 Å². The lowest BCUT2D eigenvalue weighted by atomic mass is 9.81. The Kier molecular flexibility index (Phi) is 6.07. The zero-order valence-corrected chi connectivity index (χ0v) is 16.8. The highest BCUT2D eigenvalue weighted by Gasteiger charge is 2.34. The molecular formula is C21H26O5S. The SMILES string of the molecule is COc1cccc(C2CCCCC2OS(=O)(=O)c2ccc(C)cc2)c1OC. The largest absolute Gasteiger partial charge is 0.493 e. The third-order valence-corrected chi connectivity index (χ3v) is 6.45. The number of hydrogen-bond donors (Lipinski definition) is 0. The molecule has 2 unspecified atom stereocenters. The molecule has 0 spiro atoms. The Labute approximate surface area is 161 Å². The minimum absolute atomic E-state index is 0.0657. The molecule has 0 heterocycles. The first kappa shape index (κ1) is 19.7. The molecule has 0 aliphatic heterocycles. The van der Waals surface area contributed by atoms with Gasteiger partial charge in [0.05, 0.1) is 25.2 Å². The molecule has 27 heavy (non-hydrogen) atoms. The average Bonchev–Trinajstić information content (AvgIpc) is 2.67. The minimum Gasteiger partial charge on any atom is -0.493 e. The minimum atomic E-state index is -3.82. The van der Waals surface area contributed by atoms with Gasteiger partial charge in [0.25, 0.3) is 10.1 Å². The van der Waals surface area contributed by atoms with Gasteiger partial charge in [-0.2, -0.15) is 8.42 Å². The van der Waals surface area contributed by atoms with Gasteiger partial charge >= 0.3 is 0 Å². The zero-order chi connectivity index (χ0) is 19.4. The molecule has 146 valence electrons. The standard InChI is InChI=1S/C21H26O5S/c1-15-11-13-16(14-12-15)27(22,23)26-19-9-5-4-7-17(19)18-8-6-10-20(24-2)21(18)25-3/h6,8,10-14,17,19H,4-5,7,9H2,1-3H3. The highest BCUT2D eigenvalue weighted by atomic mass is 32.2. The van der Waals surface area contributed by atoms with E-state index in [0.29, 0.717) is 17.9 Å². The molecule has 0 radical (unpaired) electrons. The van der Waals surface area contributed by atoms with Crippen LogP contribution in [-0.4, -0.2) is 28.7 Å². The number of aryl methyl sites for hydroxylation is 1. The summed E-state index contributed by atoms with van der Waals surface area (Å²) in [5, 5.41) is 0. The summed E-state index contributed by atoms with van der Waals surface area (Å²) < 4.78 is 42.3. The van der Waals surface area contributed by atoms with Crippen molar-refractivity contribution in [1.29, 1.82) is 0 Å². The molecule has 3 rings (SSSR count). The van der Waals surface area contributed by atoms with Gasteiger partial charge in [0.1, 0.15) is 0 Å².